The molecule has 17 heavy (non-hydrogen) atoms. The van der Waals surface area contributed by atoms with Gasteiger partial charge in [-0.15, -0.1) is 0 Å². The molecule has 0 unspecified atom stereocenters. The standard InChI is InChI=1S/C12H9IO4/c1-2-16-12(15)11-6-9(14)8-5-7(13)3-4-10(8)17-11/h3-6H,2H2,1H3. The molecule has 1 aromatic heterocycles. The number of fused-ring (bicyclic) bond motifs is 1. The summed E-state index contributed by atoms with van der Waals surface area (Å²) in [4.78, 5) is 23.2. The lowest BCUT2D eigenvalue weighted by molar-refractivity contribution is 0.0490. The molecule has 4 nitrogen and oxygen atoms in total. The van der Waals surface area contributed by atoms with E-state index in [1.54, 1.807) is 25.1 Å². The van der Waals surface area contributed by atoms with Crippen LogP contribution in [-0.4, -0.2) is 12.6 Å². The highest BCUT2D eigenvalue weighted by Gasteiger charge is 2.13. The Balaban J connectivity index is 2.60. The second-order valence-electron chi connectivity index (χ2n) is 3.34. The molecule has 0 atom stereocenters. The molecule has 0 radical (unpaired) electrons. The summed E-state index contributed by atoms with van der Waals surface area (Å²) in [5.41, 5.74) is 0.147. The van der Waals surface area contributed by atoms with E-state index in [9.17, 15) is 9.59 Å². The summed E-state index contributed by atoms with van der Waals surface area (Å²) in [5.74, 6) is -0.685. The first kappa shape index (κ1) is 12.1. The third kappa shape index (κ3) is 2.49. The third-order valence-electron chi connectivity index (χ3n) is 2.17. The van der Waals surface area contributed by atoms with Gasteiger partial charge in [0, 0.05) is 9.64 Å². The van der Waals surface area contributed by atoms with Crippen molar-refractivity contribution in [1.82, 2.24) is 0 Å². The summed E-state index contributed by atoms with van der Waals surface area (Å²) in [6.07, 6.45) is 0. The van der Waals surface area contributed by atoms with E-state index in [4.69, 9.17) is 9.15 Å². The largest absolute Gasteiger partial charge is 0.460 e. The van der Waals surface area contributed by atoms with Gasteiger partial charge >= 0.3 is 5.97 Å². The number of ether oxygens (including phenoxy) is 1. The smallest absolute Gasteiger partial charge is 0.374 e. The van der Waals surface area contributed by atoms with Crippen molar-refractivity contribution in [2.75, 3.05) is 6.61 Å². The minimum Gasteiger partial charge on any atom is -0.460 e. The highest BCUT2D eigenvalue weighted by molar-refractivity contribution is 14.1. The van der Waals surface area contributed by atoms with Crippen LogP contribution in [0, 0.1) is 3.57 Å². The van der Waals surface area contributed by atoms with Crippen LogP contribution in [0.1, 0.15) is 17.5 Å². The van der Waals surface area contributed by atoms with Gasteiger partial charge in [-0.1, -0.05) is 0 Å². The van der Waals surface area contributed by atoms with Crippen LogP contribution in [0.2, 0.25) is 0 Å². The Morgan fingerprint density at radius 3 is 2.88 bits per heavy atom. The maximum absolute atomic E-state index is 11.8. The molecule has 1 heterocycles. The predicted octanol–water partition coefficient (Wildman–Crippen LogP) is 2.57. The molecular formula is C12H9IO4. The lowest BCUT2D eigenvalue weighted by Crippen LogP contribution is -2.10. The Bertz CT molecular complexity index is 630. The van der Waals surface area contributed by atoms with Crippen molar-refractivity contribution in [3.05, 3.63) is 43.8 Å². The SMILES string of the molecule is CCOC(=O)c1cc(=O)c2cc(I)ccc2o1. The van der Waals surface area contributed by atoms with E-state index < -0.39 is 5.97 Å². The zero-order valence-electron chi connectivity index (χ0n) is 9.03. The molecule has 5 heteroatoms. The van der Waals surface area contributed by atoms with Crippen molar-refractivity contribution in [3.8, 4) is 0 Å². The third-order valence-corrected chi connectivity index (χ3v) is 2.84. The van der Waals surface area contributed by atoms with Crippen LogP contribution in [0.5, 0.6) is 0 Å². The van der Waals surface area contributed by atoms with E-state index in [2.05, 4.69) is 22.6 Å². The second kappa shape index (κ2) is 4.87. The molecule has 0 saturated heterocycles. The molecule has 0 aliphatic carbocycles. The van der Waals surface area contributed by atoms with Crippen LogP contribution in [-0.2, 0) is 4.74 Å². The van der Waals surface area contributed by atoms with Gasteiger partial charge in [0.1, 0.15) is 5.58 Å². The Morgan fingerprint density at radius 1 is 1.41 bits per heavy atom. The van der Waals surface area contributed by atoms with E-state index in [0.717, 1.165) is 9.64 Å². The average Bonchev–Trinajstić information content (AvgIpc) is 2.30. The molecule has 0 aliphatic rings. The van der Waals surface area contributed by atoms with Gasteiger partial charge in [-0.2, -0.15) is 0 Å². The molecule has 0 fully saturated rings. The zero-order chi connectivity index (χ0) is 12.4. The zero-order valence-corrected chi connectivity index (χ0v) is 11.2. The fraction of sp³-hybridized carbons (Fsp3) is 0.167. The van der Waals surface area contributed by atoms with Gasteiger partial charge in [0.15, 0.2) is 5.43 Å². The molecule has 0 amide bonds. The number of carbonyl (C=O) groups is 1. The summed E-state index contributed by atoms with van der Waals surface area (Å²) in [6, 6.07) is 6.36. The van der Waals surface area contributed by atoms with Crippen molar-refractivity contribution < 1.29 is 13.9 Å². The Morgan fingerprint density at radius 2 is 2.18 bits per heavy atom. The number of halogens is 1. The molecule has 0 bridgehead atoms. The molecule has 0 spiro atoms. The molecule has 88 valence electrons. The van der Waals surface area contributed by atoms with Gasteiger partial charge in [-0.05, 0) is 47.7 Å². The van der Waals surface area contributed by atoms with E-state index in [-0.39, 0.29) is 17.8 Å². The minimum atomic E-state index is -0.620. The Kier molecular flexibility index (Phi) is 3.46. The molecular weight excluding hydrogens is 335 g/mol. The molecule has 2 aromatic rings. The molecule has 0 aliphatic heterocycles. The van der Waals surface area contributed by atoms with Crippen molar-refractivity contribution in [2.24, 2.45) is 0 Å². The van der Waals surface area contributed by atoms with Crippen molar-refractivity contribution in [3.63, 3.8) is 0 Å². The molecule has 0 N–H and O–H groups in total. The maximum atomic E-state index is 11.8. The Hall–Kier alpha value is -1.37. The van der Waals surface area contributed by atoms with Crippen molar-refractivity contribution >= 4 is 39.5 Å². The predicted molar refractivity (Wildman–Crippen MR) is 71.2 cm³/mol. The van der Waals surface area contributed by atoms with Gasteiger partial charge in [0.05, 0.1) is 12.0 Å². The summed E-state index contributed by atoms with van der Waals surface area (Å²) >= 11 is 2.11. The number of hydrogen-bond donors (Lipinski definition) is 0. The van der Waals surface area contributed by atoms with Crippen LogP contribution >= 0.6 is 22.6 Å². The van der Waals surface area contributed by atoms with Gasteiger partial charge < -0.3 is 9.15 Å². The first-order valence-corrected chi connectivity index (χ1v) is 6.10. The number of hydrogen-bond acceptors (Lipinski definition) is 4. The van der Waals surface area contributed by atoms with Crippen LogP contribution in [0.3, 0.4) is 0 Å². The summed E-state index contributed by atoms with van der Waals surface area (Å²) in [6.45, 7) is 1.94. The van der Waals surface area contributed by atoms with Crippen LogP contribution in [0.25, 0.3) is 11.0 Å². The van der Waals surface area contributed by atoms with E-state index >= 15 is 0 Å². The number of carbonyl (C=O) groups excluding carboxylic acids is 1. The average molecular weight is 344 g/mol. The topological polar surface area (TPSA) is 56.5 Å². The van der Waals surface area contributed by atoms with Crippen LogP contribution in [0.15, 0.2) is 33.5 Å². The minimum absolute atomic E-state index is 0.0643. The Labute approximate surface area is 111 Å². The van der Waals surface area contributed by atoms with Gasteiger partial charge in [-0.25, -0.2) is 4.79 Å². The van der Waals surface area contributed by atoms with Gasteiger partial charge in [0.25, 0.3) is 0 Å². The lowest BCUT2D eigenvalue weighted by atomic mass is 10.2. The summed E-state index contributed by atoms with van der Waals surface area (Å²) in [5, 5.41) is 0.463. The van der Waals surface area contributed by atoms with Crippen molar-refractivity contribution in [2.45, 2.75) is 6.92 Å². The van der Waals surface area contributed by atoms with Gasteiger partial charge in [0.2, 0.25) is 5.76 Å². The van der Waals surface area contributed by atoms with Crippen LogP contribution < -0.4 is 5.43 Å². The van der Waals surface area contributed by atoms with E-state index in [0.29, 0.717) is 11.0 Å². The van der Waals surface area contributed by atoms with Gasteiger partial charge in [-0.3, -0.25) is 4.79 Å². The summed E-state index contributed by atoms with van der Waals surface area (Å²) < 4.78 is 11.1. The van der Waals surface area contributed by atoms with E-state index in [1.165, 1.54) is 0 Å². The van der Waals surface area contributed by atoms with E-state index in [1.807, 2.05) is 0 Å². The first-order chi connectivity index (χ1) is 8.11. The molecule has 1 aromatic carbocycles. The normalized spacial score (nSPS) is 10.5. The second-order valence-corrected chi connectivity index (χ2v) is 4.58. The molecule has 2 rings (SSSR count). The fourth-order valence-electron chi connectivity index (χ4n) is 1.43. The highest BCUT2D eigenvalue weighted by atomic mass is 127. The lowest BCUT2D eigenvalue weighted by Gasteiger charge is -2.02. The number of rotatable bonds is 2. The maximum Gasteiger partial charge on any atom is 0.374 e. The number of esters is 1. The molecule has 0 saturated carbocycles. The first-order valence-electron chi connectivity index (χ1n) is 5.02. The quantitative estimate of drug-likeness (QED) is 0.621. The monoisotopic (exact) mass is 344 g/mol. The highest BCUT2D eigenvalue weighted by Crippen LogP contribution is 2.16. The summed E-state index contributed by atoms with van der Waals surface area (Å²) in [7, 11) is 0. The van der Waals surface area contributed by atoms with Crippen molar-refractivity contribution in [1.29, 1.82) is 0 Å². The fourth-order valence-corrected chi connectivity index (χ4v) is 1.92. The van der Waals surface area contributed by atoms with Crippen LogP contribution in [0.4, 0.5) is 0 Å². The number of benzene rings is 1.